The number of halogens is 3. The van der Waals surface area contributed by atoms with Crippen LogP contribution in [0, 0.1) is 6.92 Å². The van der Waals surface area contributed by atoms with E-state index in [9.17, 15) is 23.1 Å². The standard InChI is InChI=1S/C17H17F3N4O2/c1-9(11-3-5-12(6-4-11)17(18,19)20)13-14-15(24(23-13)7-8-25)16(26)22-10(2)21-14/h3-6,9,25H,7-8H2,1-2H3,(H,21,22,26)/t9-/m0/s1. The van der Waals surface area contributed by atoms with Crippen LogP contribution in [-0.2, 0) is 12.7 Å². The molecule has 0 aliphatic heterocycles. The van der Waals surface area contributed by atoms with Gasteiger partial charge in [0.1, 0.15) is 11.3 Å². The number of nitrogens with one attached hydrogen (secondary N) is 1. The molecule has 0 fully saturated rings. The number of hydrogen-bond donors (Lipinski definition) is 2. The first kappa shape index (κ1) is 18.1. The zero-order valence-electron chi connectivity index (χ0n) is 14.1. The summed E-state index contributed by atoms with van der Waals surface area (Å²) in [5, 5.41) is 13.6. The first-order valence-electron chi connectivity index (χ1n) is 7.97. The van der Waals surface area contributed by atoms with Gasteiger partial charge in [0.05, 0.1) is 24.4 Å². The largest absolute Gasteiger partial charge is 0.416 e. The summed E-state index contributed by atoms with van der Waals surface area (Å²) in [4.78, 5) is 19.2. The molecule has 26 heavy (non-hydrogen) atoms. The van der Waals surface area contributed by atoms with Gasteiger partial charge in [-0.05, 0) is 24.6 Å². The van der Waals surface area contributed by atoms with E-state index in [0.29, 0.717) is 22.6 Å². The minimum absolute atomic E-state index is 0.115. The van der Waals surface area contributed by atoms with Crippen molar-refractivity contribution in [2.75, 3.05) is 6.61 Å². The lowest BCUT2D eigenvalue weighted by molar-refractivity contribution is -0.137. The number of aliphatic hydroxyl groups is 1. The van der Waals surface area contributed by atoms with Gasteiger partial charge in [0, 0.05) is 5.92 Å². The van der Waals surface area contributed by atoms with Crippen molar-refractivity contribution in [3.63, 3.8) is 0 Å². The Bertz CT molecular complexity index is 990. The van der Waals surface area contributed by atoms with Crippen LogP contribution in [0.5, 0.6) is 0 Å². The zero-order chi connectivity index (χ0) is 19.1. The molecule has 0 saturated heterocycles. The number of hydrogen-bond acceptors (Lipinski definition) is 4. The van der Waals surface area contributed by atoms with Crippen LogP contribution in [0.3, 0.4) is 0 Å². The fourth-order valence-corrected chi connectivity index (χ4v) is 2.89. The van der Waals surface area contributed by atoms with Crippen molar-refractivity contribution in [2.24, 2.45) is 0 Å². The molecule has 1 aromatic carbocycles. The summed E-state index contributed by atoms with van der Waals surface area (Å²) in [7, 11) is 0. The van der Waals surface area contributed by atoms with Crippen molar-refractivity contribution < 1.29 is 18.3 Å². The minimum Gasteiger partial charge on any atom is -0.394 e. The molecular weight excluding hydrogens is 349 g/mol. The van der Waals surface area contributed by atoms with E-state index in [0.717, 1.165) is 12.1 Å². The maximum absolute atomic E-state index is 12.7. The molecular formula is C17H17F3N4O2. The lowest BCUT2D eigenvalue weighted by Gasteiger charge is -2.12. The Labute approximate surface area is 146 Å². The van der Waals surface area contributed by atoms with Crippen LogP contribution in [0.4, 0.5) is 13.2 Å². The van der Waals surface area contributed by atoms with E-state index < -0.39 is 11.7 Å². The topological polar surface area (TPSA) is 83.8 Å². The molecule has 3 rings (SSSR count). The van der Waals surface area contributed by atoms with Crippen LogP contribution in [-0.4, -0.2) is 31.5 Å². The first-order valence-corrected chi connectivity index (χ1v) is 7.97. The Morgan fingerprint density at radius 1 is 1.27 bits per heavy atom. The molecule has 0 spiro atoms. The quantitative estimate of drug-likeness (QED) is 0.743. The van der Waals surface area contributed by atoms with Crippen LogP contribution in [0.2, 0.25) is 0 Å². The molecule has 138 valence electrons. The van der Waals surface area contributed by atoms with Crippen LogP contribution < -0.4 is 5.56 Å². The predicted octanol–water partition coefficient (Wildman–Crippen LogP) is 2.59. The number of rotatable bonds is 4. The number of H-pyrrole nitrogens is 1. The molecule has 0 amide bonds. The van der Waals surface area contributed by atoms with Crippen molar-refractivity contribution in [1.29, 1.82) is 0 Å². The Kier molecular flexibility index (Phi) is 4.57. The summed E-state index contributed by atoms with van der Waals surface area (Å²) in [6.45, 7) is 3.32. The molecule has 0 aliphatic carbocycles. The lowest BCUT2D eigenvalue weighted by atomic mass is 9.96. The van der Waals surface area contributed by atoms with Crippen LogP contribution in [0.1, 0.15) is 35.5 Å². The Morgan fingerprint density at radius 2 is 1.92 bits per heavy atom. The monoisotopic (exact) mass is 366 g/mol. The molecule has 6 nitrogen and oxygen atoms in total. The van der Waals surface area contributed by atoms with Gasteiger partial charge in [-0.2, -0.15) is 18.3 Å². The summed E-state index contributed by atoms with van der Waals surface area (Å²) in [6, 6.07) is 4.82. The van der Waals surface area contributed by atoms with E-state index >= 15 is 0 Å². The zero-order valence-corrected chi connectivity index (χ0v) is 14.1. The van der Waals surface area contributed by atoms with E-state index in [-0.39, 0.29) is 30.1 Å². The van der Waals surface area contributed by atoms with Gasteiger partial charge >= 0.3 is 6.18 Å². The first-order chi connectivity index (χ1) is 12.2. The van der Waals surface area contributed by atoms with Gasteiger partial charge in [0.15, 0.2) is 5.52 Å². The number of aliphatic hydroxyl groups excluding tert-OH is 1. The molecule has 0 radical (unpaired) electrons. The highest BCUT2D eigenvalue weighted by molar-refractivity contribution is 5.77. The molecule has 2 N–H and O–H groups in total. The number of benzene rings is 1. The average molecular weight is 366 g/mol. The molecule has 0 bridgehead atoms. The second-order valence-corrected chi connectivity index (χ2v) is 6.02. The smallest absolute Gasteiger partial charge is 0.394 e. The summed E-state index contributed by atoms with van der Waals surface area (Å²) in [5.41, 5.74) is 0.607. The van der Waals surface area contributed by atoms with Gasteiger partial charge < -0.3 is 10.1 Å². The Morgan fingerprint density at radius 3 is 2.50 bits per heavy atom. The van der Waals surface area contributed by atoms with E-state index in [4.69, 9.17) is 0 Å². The number of aromatic amines is 1. The Balaban J connectivity index is 2.11. The van der Waals surface area contributed by atoms with E-state index in [2.05, 4.69) is 15.1 Å². The SMILES string of the molecule is Cc1nc2c([C@@H](C)c3ccc(C(F)(F)F)cc3)nn(CCO)c2c(=O)[nH]1. The summed E-state index contributed by atoms with van der Waals surface area (Å²) in [6.07, 6.45) is -4.40. The second kappa shape index (κ2) is 6.56. The molecule has 0 unspecified atom stereocenters. The minimum atomic E-state index is -4.40. The van der Waals surface area contributed by atoms with E-state index in [1.807, 2.05) is 0 Å². The van der Waals surface area contributed by atoms with E-state index in [1.165, 1.54) is 16.8 Å². The number of alkyl halides is 3. The van der Waals surface area contributed by atoms with Gasteiger partial charge in [-0.3, -0.25) is 9.48 Å². The maximum Gasteiger partial charge on any atom is 0.416 e. The summed E-state index contributed by atoms with van der Waals surface area (Å²) in [5.74, 6) is 0.0281. The normalized spacial score (nSPS) is 13.3. The molecule has 1 atom stereocenters. The lowest BCUT2D eigenvalue weighted by Crippen LogP contribution is -2.15. The second-order valence-electron chi connectivity index (χ2n) is 6.02. The van der Waals surface area contributed by atoms with Crippen molar-refractivity contribution in [2.45, 2.75) is 32.5 Å². The third-order valence-electron chi connectivity index (χ3n) is 4.20. The van der Waals surface area contributed by atoms with Gasteiger partial charge in [-0.25, -0.2) is 4.98 Å². The molecule has 0 saturated carbocycles. The average Bonchev–Trinajstić information content (AvgIpc) is 2.92. The van der Waals surface area contributed by atoms with Gasteiger partial charge in [0.25, 0.3) is 5.56 Å². The van der Waals surface area contributed by atoms with Crippen molar-refractivity contribution in [1.82, 2.24) is 19.7 Å². The fraction of sp³-hybridized carbons (Fsp3) is 0.353. The van der Waals surface area contributed by atoms with Gasteiger partial charge in [0.2, 0.25) is 0 Å². The van der Waals surface area contributed by atoms with Crippen LogP contribution >= 0.6 is 0 Å². The third kappa shape index (κ3) is 3.22. The summed E-state index contributed by atoms with van der Waals surface area (Å²) >= 11 is 0. The molecule has 2 heterocycles. The fourth-order valence-electron chi connectivity index (χ4n) is 2.89. The van der Waals surface area contributed by atoms with Crippen molar-refractivity contribution in [3.8, 4) is 0 Å². The number of aryl methyl sites for hydroxylation is 1. The third-order valence-corrected chi connectivity index (χ3v) is 4.20. The van der Waals surface area contributed by atoms with Crippen molar-refractivity contribution in [3.05, 3.63) is 57.3 Å². The number of fused-ring (bicyclic) bond motifs is 1. The highest BCUT2D eigenvalue weighted by Crippen LogP contribution is 2.32. The van der Waals surface area contributed by atoms with Crippen LogP contribution in [0.25, 0.3) is 11.0 Å². The number of nitrogens with zero attached hydrogens (tertiary/aromatic N) is 3. The maximum atomic E-state index is 12.7. The molecule has 9 heteroatoms. The predicted molar refractivity (Wildman–Crippen MR) is 88.9 cm³/mol. The molecule has 0 aliphatic rings. The molecule has 2 aromatic heterocycles. The number of aromatic nitrogens is 4. The van der Waals surface area contributed by atoms with Gasteiger partial charge in [-0.15, -0.1) is 0 Å². The van der Waals surface area contributed by atoms with Crippen molar-refractivity contribution >= 4 is 11.0 Å². The van der Waals surface area contributed by atoms with Gasteiger partial charge in [-0.1, -0.05) is 19.1 Å². The Hall–Kier alpha value is -2.68. The van der Waals surface area contributed by atoms with Crippen LogP contribution in [0.15, 0.2) is 29.1 Å². The highest BCUT2D eigenvalue weighted by Gasteiger charge is 2.30. The van der Waals surface area contributed by atoms with E-state index in [1.54, 1.807) is 13.8 Å². The highest BCUT2D eigenvalue weighted by atomic mass is 19.4. The summed E-state index contributed by atoms with van der Waals surface area (Å²) < 4.78 is 39.6. The molecule has 3 aromatic rings.